The number of aromatic nitrogens is 2. The number of rotatable bonds is 7. The topological polar surface area (TPSA) is 66.2 Å². The van der Waals surface area contributed by atoms with Crippen molar-refractivity contribution >= 4 is 6.08 Å². The van der Waals surface area contributed by atoms with E-state index in [1.165, 1.54) is 6.07 Å². The van der Waals surface area contributed by atoms with E-state index in [0.717, 1.165) is 30.4 Å². The van der Waals surface area contributed by atoms with Crippen LogP contribution in [0.15, 0.2) is 60.9 Å². The van der Waals surface area contributed by atoms with Crippen molar-refractivity contribution in [3.05, 3.63) is 72.3 Å². The number of phenols is 1. The first kappa shape index (κ1) is 19.7. The molecule has 4 nitrogen and oxygen atoms in total. The summed E-state index contributed by atoms with van der Waals surface area (Å²) in [6.45, 7) is 1.77. The zero-order valence-electron chi connectivity index (χ0n) is 15.7. The van der Waals surface area contributed by atoms with Gasteiger partial charge in [-0.2, -0.15) is 0 Å². The van der Waals surface area contributed by atoms with Gasteiger partial charge in [0.05, 0.1) is 6.10 Å². The number of aliphatic hydroxyl groups is 1. The van der Waals surface area contributed by atoms with Crippen molar-refractivity contribution in [1.29, 1.82) is 0 Å². The van der Waals surface area contributed by atoms with Crippen molar-refractivity contribution in [2.24, 2.45) is 0 Å². The number of aliphatic hydroxyl groups excluding tert-OH is 1. The summed E-state index contributed by atoms with van der Waals surface area (Å²) in [7, 11) is 0. The van der Waals surface area contributed by atoms with Gasteiger partial charge in [0, 0.05) is 29.1 Å². The fourth-order valence-electron chi connectivity index (χ4n) is 2.82. The Morgan fingerprint density at radius 1 is 1.00 bits per heavy atom. The maximum absolute atomic E-state index is 14.4. The summed E-state index contributed by atoms with van der Waals surface area (Å²) < 4.78 is 14.4. The van der Waals surface area contributed by atoms with Gasteiger partial charge in [-0.25, -0.2) is 14.4 Å². The van der Waals surface area contributed by atoms with Crippen LogP contribution in [0, 0.1) is 5.82 Å². The molecule has 2 aromatic carbocycles. The lowest BCUT2D eigenvalue weighted by Gasteiger charge is -2.05. The van der Waals surface area contributed by atoms with E-state index in [9.17, 15) is 14.6 Å². The van der Waals surface area contributed by atoms with Gasteiger partial charge < -0.3 is 10.2 Å². The van der Waals surface area contributed by atoms with E-state index in [0.29, 0.717) is 17.0 Å². The summed E-state index contributed by atoms with van der Waals surface area (Å²) in [5, 5.41) is 18.6. The number of halogens is 1. The number of benzene rings is 2. The molecule has 3 aromatic rings. The largest absolute Gasteiger partial charge is 0.508 e. The second kappa shape index (κ2) is 9.24. The SMILES string of the molecule is CC(O)CCC/C=C/c1ccc(-c2ncc(-c3ccc(O)cc3)cn2)cc1F. The highest BCUT2D eigenvalue weighted by atomic mass is 19.1. The first-order valence-electron chi connectivity index (χ1n) is 9.29. The molecule has 28 heavy (non-hydrogen) atoms. The Morgan fingerprint density at radius 2 is 1.68 bits per heavy atom. The summed E-state index contributed by atoms with van der Waals surface area (Å²) in [6, 6.07) is 11.7. The molecule has 144 valence electrons. The molecule has 1 heterocycles. The van der Waals surface area contributed by atoms with Crippen LogP contribution in [-0.4, -0.2) is 26.3 Å². The molecule has 0 fully saturated rings. The van der Waals surface area contributed by atoms with Gasteiger partial charge in [-0.15, -0.1) is 0 Å². The molecule has 1 atom stereocenters. The Hall–Kier alpha value is -3.05. The van der Waals surface area contributed by atoms with E-state index in [1.54, 1.807) is 61.8 Å². The normalized spacial score (nSPS) is 12.4. The van der Waals surface area contributed by atoms with E-state index in [-0.39, 0.29) is 17.7 Å². The Balaban J connectivity index is 1.69. The fraction of sp³-hybridized carbons (Fsp3) is 0.217. The summed E-state index contributed by atoms with van der Waals surface area (Å²) in [4.78, 5) is 8.68. The summed E-state index contributed by atoms with van der Waals surface area (Å²) in [5.74, 6) is 0.332. The second-order valence-electron chi connectivity index (χ2n) is 6.76. The molecule has 5 heteroatoms. The molecule has 1 unspecified atom stereocenters. The molecular weight excluding hydrogens is 355 g/mol. The lowest BCUT2D eigenvalue weighted by atomic mass is 10.1. The minimum absolute atomic E-state index is 0.203. The Kier molecular flexibility index (Phi) is 6.50. The van der Waals surface area contributed by atoms with Crippen LogP contribution < -0.4 is 0 Å². The second-order valence-corrected chi connectivity index (χ2v) is 6.76. The van der Waals surface area contributed by atoms with Crippen LogP contribution in [0.5, 0.6) is 5.75 Å². The molecule has 0 bridgehead atoms. The van der Waals surface area contributed by atoms with E-state index < -0.39 is 0 Å². The number of unbranched alkanes of at least 4 members (excludes halogenated alkanes) is 1. The molecule has 2 N–H and O–H groups in total. The minimum atomic E-state index is -0.324. The smallest absolute Gasteiger partial charge is 0.159 e. The fourth-order valence-corrected chi connectivity index (χ4v) is 2.82. The average Bonchev–Trinajstić information content (AvgIpc) is 2.69. The zero-order valence-corrected chi connectivity index (χ0v) is 15.7. The highest BCUT2D eigenvalue weighted by Crippen LogP contribution is 2.24. The van der Waals surface area contributed by atoms with Crippen LogP contribution in [0.1, 0.15) is 31.7 Å². The van der Waals surface area contributed by atoms with Crippen LogP contribution in [0.25, 0.3) is 28.6 Å². The van der Waals surface area contributed by atoms with Crippen LogP contribution in [-0.2, 0) is 0 Å². The Morgan fingerprint density at radius 3 is 2.32 bits per heavy atom. The molecule has 0 saturated carbocycles. The first-order valence-corrected chi connectivity index (χ1v) is 9.29. The van der Waals surface area contributed by atoms with Gasteiger partial charge in [0.15, 0.2) is 5.82 Å². The van der Waals surface area contributed by atoms with Gasteiger partial charge in [0.25, 0.3) is 0 Å². The molecule has 0 radical (unpaired) electrons. The van der Waals surface area contributed by atoms with E-state index in [4.69, 9.17) is 0 Å². The van der Waals surface area contributed by atoms with Crippen molar-refractivity contribution in [3.63, 3.8) is 0 Å². The standard InChI is InChI=1S/C23H23FN2O2/c1-16(27)5-3-2-4-6-18-7-8-19(13-22(18)24)23-25-14-20(15-26-23)17-9-11-21(28)12-10-17/h4,6-16,27-28H,2-3,5H2,1H3/b6-4+. The van der Waals surface area contributed by atoms with Crippen molar-refractivity contribution in [1.82, 2.24) is 9.97 Å². The third-order valence-corrected chi connectivity index (χ3v) is 4.40. The molecule has 1 aromatic heterocycles. The highest BCUT2D eigenvalue weighted by Gasteiger charge is 2.07. The number of allylic oxidation sites excluding steroid dienone is 1. The van der Waals surface area contributed by atoms with Crippen molar-refractivity contribution in [3.8, 4) is 28.3 Å². The first-order chi connectivity index (χ1) is 13.5. The van der Waals surface area contributed by atoms with Gasteiger partial charge in [-0.3, -0.25) is 0 Å². The average molecular weight is 378 g/mol. The van der Waals surface area contributed by atoms with Gasteiger partial charge in [0.1, 0.15) is 11.6 Å². The maximum atomic E-state index is 14.4. The maximum Gasteiger partial charge on any atom is 0.159 e. The van der Waals surface area contributed by atoms with Crippen LogP contribution in [0.3, 0.4) is 0 Å². The Bertz CT molecular complexity index is 936. The lowest BCUT2D eigenvalue weighted by Crippen LogP contribution is -1.97. The molecule has 0 aliphatic carbocycles. The summed E-state index contributed by atoms with van der Waals surface area (Å²) >= 11 is 0. The van der Waals surface area contributed by atoms with Gasteiger partial charge >= 0.3 is 0 Å². The molecular formula is C23H23FN2O2. The van der Waals surface area contributed by atoms with Crippen LogP contribution >= 0.6 is 0 Å². The van der Waals surface area contributed by atoms with E-state index in [2.05, 4.69) is 9.97 Å². The highest BCUT2D eigenvalue weighted by molar-refractivity contribution is 5.65. The summed E-state index contributed by atoms with van der Waals surface area (Å²) in [5.41, 5.74) is 2.84. The third-order valence-electron chi connectivity index (χ3n) is 4.40. The Labute approximate surface area is 164 Å². The van der Waals surface area contributed by atoms with Crippen LogP contribution in [0.2, 0.25) is 0 Å². The quantitative estimate of drug-likeness (QED) is 0.553. The van der Waals surface area contributed by atoms with Crippen LogP contribution in [0.4, 0.5) is 4.39 Å². The van der Waals surface area contributed by atoms with Gasteiger partial charge in [-0.05, 0) is 49.9 Å². The van der Waals surface area contributed by atoms with Crippen molar-refractivity contribution in [2.45, 2.75) is 32.3 Å². The molecule has 0 saturated heterocycles. The number of hydrogen-bond donors (Lipinski definition) is 2. The van der Waals surface area contributed by atoms with Crippen molar-refractivity contribution < 1.29 is 14.6 Å². The number of hydrogen-bond acceptors (Lipinski definition) is 4. The number of aromatic hydroxyl groups is 1. The molecule has 0 spiro atoms. The molecule has 0 aliphatic rings. The third kappa shape index (κ3) is 5.24. The van der Waals surface area contributed by atoms with E-state index >= 15 is 0 Å². The van der Waals surface area contributed by atoms with Gasteiger partial charge in [0.2, 0.25) is 0 Å². The zero-order chi connectivity index (χ0) is 19.9. The minimum Gasteiger partial charge on any atom is -0.508 e. The lowest BCUT2D eigenvalue weighted by molar-refractivity contribution is 0.182. The summed E-state index contributed by atoms with van der Waals surface area (Å²) in [6.07, 6.45) is 9.15. The monoisotopic (exact) mass is 378 g/mol. The predicted octanol–water partition coefficient (Wildman–Crippen LogP) is 5.22. The van der Waals surface area contributed by atoms with Crippen molar-refractivity contribution in [2.75, 3.05) is 0 Å². The molecule has 3 rings (SSSR count). The molecule has 0 amide bonds. The number of phenolic OH excluding ortho intramolecular Hbond substituents is 1. The van der Waals surface area contributed by atoms with Gasteiger partial charge in [-0.1, -0.05) is 36.4 Å². The number of nitrogens with zero attached hydrogens (tertiary/aromatic N) is 2. The predicted molar refractivity (Wildman–Crippen MR) is 109 cm³/mol. The van der Waals surface area contributed by atoms with E-state index in [1.807, 2.05) is 6.08 Å². The molecule has 0 aliphatic heterocycles.